The molecule has 8 heteroatoms. The second-order valence-electron chi connectivity index (χ2n) is 5.22. The Hall–Kier alpha value is -1.99. The summed E-state index contributed by atoms with van der Waals surface area (Å²) in [5.74, 6) is -0.0859. The summed E-state index contributed by atoms with van der Waals surface area (Å²) in [6.07, 6.45) is -3.75. The highest BCUT2D eigenvalue weighted by molar-refractivity contribution is 5.92. The molecule has 3 rings (SSSR count). The molecule has 114 valence electrons. The number of ether oxygens (including phenoxy) is 2. The largest absolute Gasteiger partial charge is 0.574 e. The van der Waals surface area contributed by atoms with Crippen LogP contribution in [0.15, 0.2) is 12.1 Å². The molecule has 1 aliphatic heterocycles. The van der Waals surface area contributed by atoms with E-state index >= 15 is 0 Å². The molecule has 2 fully saturated rings. The van der Waals surface area contributed by atoms with Crippen LogP contribution in [0.4, 0.5) is 19.0 Å². The number of hydrogen-bond acceptors (Lipinski definition) is 5. The summed E-state index contributed by atoms with van der Waals surface area (Å²) in [6, 6.07) is 2.76. The van der Waals surface area contributed by atoms with E-state index in [1.54, 1.807) is 0 Å². The molecule has 1 aliphatic carbocycles. The number of esters is 1. The molecule has 1 aromatic heterocycles. The van der Waals surface area contributed by atoms with Crippen molar-refractivity contribution in [2.75, 3.05) is 25.1 Å². The van der Waals surface area contributed by atoms with Gasteiger partial charge in [-0.25, -0.2) is 4.79 Å². The number of methoxy groups -OCH3 is 1. The molecule has 1 saturated heterocycles. The molecule has 2 heterocycles. The molecular weight excluding hydrogens is 289 g/mol. The van der Waals surface area contributed by atoms with Crippen LogP contribution in [-0.4, -0.2) is 37.5 Å². The lowest BCUT2D eigenvalue weighted by Crippen LogP contribution is -2.25. The van der Waals surface area contributed by atoms with E-state index in [-0.39, 0.29) is 5.56 Å². The highest BCUT2D eigenvalue weighted by atomic mass is 19.4. The van der Waals surface area contributed by atoms with E-state index in [2.05, 4.69) is 14.5 Å². The number of pyridine rings is 1. The van der Waals surface area contributed by atoms with Gasteiger partial charge in [0.1, 0.15) is 11.4 Å². The fourth-order valence-corrected chi connectivity index (χ4v) is 2.64. The predicted molar refractivity (Wildman–Crippen MR) is 66.1 cm³/mol. The van der Waals surface area contributed by atoms with Gasteiger partial charge in [0, 0.05) is 13.1 Å². The van der Waals surface area contributed by atoms with Gasteiger partial charge < -0.3 is 14.4 Å². The lowest BCUT2D eigenvalue weighted by atomic mass is 10.2. The number of nitrogens with zero attached hydrogens (tertiary/aromatic N) is 2. The van der Waals surface area contributed by atoms with Crippen molar-refractivity contribution in [3.63, 3.8) is 0 Å². The highest BCUT2D eigenvalue weighted by Crippen LogP contribution is 2.46. The van der Waals surface area contributed by atoms with Gasteiger partial charge in [0.05, 0.1) is 7.11 Å². The number of rotatable bonds is 3. The lowest BCUT2D eigenvalue weighted by Gasteiger charge is -2.20. The molecule has 21 heavy (non-hydrogen) atoms. The minimum atomic E-state index is -4.92. The Bertz CT molecular complexity index is 566. The van der Waals surface area contributed by atoms with Crippen LogP contribution in [0, 0.1) is 11.8 Å². The SMILES string of the molecule is COC(=O)c1ccc(N2CC3CC3C2)nc1OC(F)(F)F. The van der Waals surface area contributed by atoms with Crippen molar-refractivity contribution < 1.29 is 27.4 Å². The Morgan fingerprint density at radius 1 is 1.33 bits per heavy atom. The zero-order valence-corrected chi connectivity index (χ0v) is 11.2. The van der Waals surface area contributed by atoms with E-state index in [0.29, 0.717) is 17.7 Å². The lowest BCUT2D eigenvalue weighted by molar-refractivity contribution is -0.276. The maximum Gasteiger partial charge on any atom is 0.574 e. The van der Waals surface area contributed by atoms with Crippen LogP contribution in [0.25, 0.3) is 0 Å². The number of fused-ring (bicyclic) bond motifs is 1. The van der Waals surface area contributed by atoms with E-state index in [0.717, 1.165) is 20.2 Å². The molecule has 0 N–H and O–H groups in total. The maximum atomic E-state index is 12.4. The van der Waals surface area contributed by atoms with Gasteiger partial charge in [0.25, 0.3) is 0 Å². The summed E-state index contributed by atoms with van der Waals surface area (Å²) >= 11 is 0. The summed E-state index contributed by atoms with van der Waals surface area (Å²) in [6.45, 7) is 1.56. The topological polar surface area (TPSA) is 51.7 Å². The number of alkyl halides is 3. The van der Waals surface area contributed by atoms with Crippen LogP contribution in [-0.2, 0) is 4.74 Å². The Kier molecular flexibility index (Phi) is 3.18. The fourth-order valence-electron chi connectivity index (χ4n) is 2.64. The van der Waals surface area contributed by atoms with Gasteiger partial charge >= 0.3 is 12.3 Å². The minimum Gasteiger partial charge on any atom is -0.465 e. The van der Waals surface area contributed by atoms with Gasteiger partial charge in [-0.15, -0.1) is 13.2 Å². The van der Waals surface area contributed by atoms with E-state index in [1.165, 1.54) is 18.6 Å². The van der Waals surface area contributed by atoms with Crippen LogP contribution in [0.1, 0.15) is 16.8 Å². The van der Waals surface area contributed by atoms with Crippen LogP contribution in [0.2, 0.25) is 0 Å². The van der Waals surface area contributed by atoms with Gasteiger partial charge in [0.2, 0.25) is 5.88 Å². The minimum absolute atomic E-state index is 0.345. The first-order valence-electron chi connectivity index (χ1n) is 6.47. The number of aromatic nitrogens is 1. The van der Waals surface area contributed by atoms with E-state index in [9.17, 15) is 18.0 Å². The zero-order chi connectivity index (χ0) is 15.2. The van der Waals surface area contributed by atoms with Crippen molar-refractivity contribution in [2.45, 2.75) is 12.8 Å². The van der Waals surface area contributed by atoms with E-state index in [4.69, 9.17) is 0 Å². The molecule has 2 atom stereocenters. The molecule has 1 saturated carbocycles. The van der Waals surface area contributed by atoms with Crippen LogP contribution in [0.3, 0.4) is 0 Å². The molecule has 5 nitrogen and oxygen atoms in total. The van der Waals surface area contributed by atoms with Crippen molar-refractivity contribution in [2.24, 2.45) is 11.8 Å². The summed E-state index contributed by atoms with van der Waals surface area (Å²) in [5, 5.41) is 0. The molecule has 0 amide bonds. The van der Waals surface area contributed by atoms with Gasteiger partial charge in [-0.1, -0.05) is 0 Å². The molecule has 0 spiro atoms. The number of carbonyl (C=O) groups excluding carboxylic acids is 1. The number of halogens is 3. The van der Waals surface area contributed by atoms with Crippen molar-refractivity contribution in [3.05, 3.63) is 17.7 Å². The standard InChI is InChI=1S/C13H13F3N2O3/c1-20-12(19)9-2-3-10(17-11(9)21-13(14,15)16)18-5-7-4-8(7)6-18/h2-3,7-8H,4-6H2,1H3. The van der Waals surface area contributed by atoms with Crippen molar-refractivity contribution >= 4 is 11.8 Å². The Balaban J connectivity index is 1.89. The fraction of sp³-hybridized carbons (Fsp3) is 0.538. The molecular formula is C13H13F3N2O3. The van der Waals surface area contributed by atoms with Gasteiger partial charge in [0.15, 0.2) is 0 Å². The van der Waals surface area contributed by atoms with Gasteiger partial charge in [-0.2, -0.15) is 4.98 Å². The average Bonchev–Trinajstić information content (AvgIpc) is 3.02. The Morgan fingerprint density at radius 3 is 2.57 bits per heavy atom. The summed E-state index contributed by atoms with van der Waals surface area (Å²) in [5.41, 5.74) is -0.345. The Morgan fingerprint density at radius 2 is 2.00 bits per heavy atom. The van der Waals surface area contributed by atoms with Gasteiger partial charge in [-0.3, -0.25) is 0 Å². The van der Waals surface area contributed by atoms with Crippen LogP contribution in [0.5, 0.6) is 5.88 Å². The first-order chi connectivity index (χ1) is 9.87. The number of carbonyl (C=O) groups is 1. The van der Waals surface area contributed by atoms with Crippen molar-refractivity contribution in [1.82, 2.24) is 4.98 Å². The number of anilines is 1. The monoisotopic (exact) mass is 302 g/mol. The van der Waals surface area contributed by atoms with Crippen LogP contribution >= 0.6 is 0 Å². The smallest absolute Gasteiger partial charge is 0.465 e. The van der Waals surface area contributed by atoms with Gasteiger partial charge in [-0.05, 0) is 30.4 Å². The highest BCUT2D eigenvalue weighted by Gasteiger charge is 2.45. The summed E-state index contributed by atoms with van der Waals surface area (Å²) in [7, 11) is 1.08. The van der Waals surface area contributed by atoms with E-state index in [1.807, 2.05) is 4.90 Å². The third-order valence-corrected chi connectivity index (χ3v) is 3.77. The summed E-state index contributed by atoms with van der Waals surface area (Å²) in [4.78, 5) is 17.2. The predicted octanol–water partition coefficient (Wildman–Crippen LogP) is 2.22. The third kappa shape index (κ3) is 2.88. The summed E-state index contributed by atoms with van der Waals surface area (Å²) < 4.78 is 45.6. The molecule has 2 unspecified atom stereocenters. The second-order valence-corrected chi connectivity index (χ2v) is 5.22. The maximum absolute atomic E-state index is 12.4. The third-order valence-electron chi connectivity index (χ3n) is 3.77. The average molecular weight is 302 g/mol. The zero-order valence-electron chi connectivity index (χ0n) is 11.2. The molecule has 1 aromatic rings. The first-order valence-corrected chi connectivity index (χ1v) is 6.47. The Labute approximate surface area is 118 Å². The second kappa shape index (κ2) is 4.78. The van der Waals surface area contributed by atoms with Crippen molar-refractivity contribution in [1.29, 1.82) is 0 Å². The molecule has 0 radical (unpaired) electrons. The molecule has 2 aliphatic rings. The molecule has 0 bridgehead atoms. The van der Waals surface area contributed by atoms with Crippen molar-refractivity contribution in [3.8, 4) is 5.88 Å². The normalized spacial score (nSPS) is 23.7. The molecule has 0 aromatic carbocycles. The first kappa shape index (κ1) is 14.0. The van der Waals surface area contributed by atoms with Crippen LogP contribution < -0.4 is 9.64 Å². The number of hydrogen-bond donors (Lipinski definition) is 0. The number of piperidine rings is 1. The quantitative estimate of drug-likeness (QED) is 0.801. The van der Waals surface area contributed by atoms with E-state index < -0.39 is 18.2 Å².